The number of thioether (sulfide) groups is 1. The van der Waals surface area contributed by atoms with E-state index in [0.29, 0.717) is 43.0 Å². The normalized spacial score (nSPS) is 14.5. The lowest BCUT2D eigenvalue weighted by atomic mass is 10.3. The second-order valence-corrected chi connectivity index (χ2v) is 7.15. The third-order valence-corrected chi connectivity index (χ3v) is 5.01. The van der Waals surface area contributed by atoms with Gasteiger partial charge in [-0.15, -0.1) is 10.2 Å². The van der Waals surface area contributed by atoms with Gasteiger partial charge in [-0.05, 0) is 18.2 Å². The third-order valence-electron chi connectivity index (χ3n) is 3.59. The summed E-state index contributed by atoms with van der Waals surface area (Å²) in [4.78, 5) is 13.9. The fourth-order valence-electron chi connectivity index (χ4n) is 2.24. The van der Waals surface area contributed by atoms with E-state index in [1.807, 2.05) is 24.3 Å². The Labute approximate surface area is 157 Å². The number of morpholine rings is 1. The van der Waals surface area contributed by atoms with Gasteiger partial charge in [0.1, 0.15) is 12.4 Å². The standard InChI is InChI=1S/C15H18BrN5O3S/c16-11-2-1-3-12(8-11)24-9-13-18-19-15(21(13)17)25-10-14(22)20-4-6-23-7-5-20/h1-3,8H,4-7,9-10,17H2. The maximum atomic E-state index is 12.2. The van der Waals surface area contributed by atoms with E-state index in [1.54, 1.807) is 4.90 Å². The summed E-state index contributed by atoms with van der Waals surface area (Å²) in [6.45, 7) is 2.61. The van der Waals surface area contributed by atoms with Crippen molar-refractivity contribution in [3.05, 3.63) is 34.6 Å². The Hall–Kier alpha value is -1.78. The van der Waals surface area contributed by atoms with E-state index in [2.05, 4.69) is 26.1 Å². The highest BCUT2D eigenvalue weighted by atomic mass is 79.9. The van der Waals surface area contributed by atoms with Gasteiger partial charge < -0.3 is 20.2 Å². The number of benzene rings is 1. The van der Waals surface area contributed by atoms with Crippen LogP contribution < -0.4 is 10.6 Å². The van der Waals surface area contributed by atoms with E-state index in [4.69, 9.17) is 15.3 Å². The second kappa shape index (κ2) is 8.54. The highest BCUT2D eigenvalue weighted by molar-refractivity contribution is 9.10. The van der Waals surface area contributed by atoms with Crippen LogP contribution in [-0.4, -0.2) is 57.7 Å². The fourth-order valence-corrected chi connectivity index (χ4v) is 3.40. The van der Waals surface area contributed by atoms with Crippen molar-refractivity contribution < 1.29 is 14.3 Å². The molecule has 2 aromatic rings. The van der Waals surface area contributed by atoms with Gasteiger partial charge in [0.15, 0.2) is 5.82 Å². The van der Waals surface area contributed by atoms with Crippen LogP contribution in [0.2, 0.25) is 0 Å². The van der Waals surface area contributed by atoms with Gasteiger partial charge in [0.2, 0.25) is 11.1 Å². The fraction of sp³-hybridized carbons (Fsp3) is 0.400. The van der Waals surface area contributed by atoms with E-state index in [-0.39, 0.29) is 18.3 Å². The van der Waals surface area contributed by atoms with Crippen LogP contribution in [0.15, 0.2) is 33.9 Å². The molecule has 1 aliphatic heterocycles. The highest BCUT2D eigenvalue weighted by Gasteiger charge is 2.19. The summed E-state index contributed by atoms with van der Waals surface area (Å²) in [5.41, 5.74) is 0. The molecule has 3 rings (SSSR count). The number of hydrogen-bond donors (Lipinski definition) is 1. The molecule has 2 N–H and O–H groups in total. The molecule has 0 spiro atoms. The summed E-state index contributed by atoms with van der Waals surface area (Å²) >= 11 is 4.65. The monoisotopic (exact) mass is 427 g/mol. The summed E-state index contributed by atoms with van der Waals surface area (Å²) in [5, 5.41) is 8.54. The molecule has 0 atom stereocenters. The minimum absolute atomic E-state index is 0.0447. The lowest BCUT2D eigenvalue weighted by molar-refractivity contribution is -0.132. The average Bonchev–Trinajstić information content (AvgIpc) is 2.98. The van der Waals surface area contributed by atoms with Crippen molar-refractivity contribution in [1.82, 2.24) is 19.8 Å². The van der Waals surface area contributed by atoms with Crippen LogP contribution in [-0.2, 0) is 16.1 Å². The van der Waals surface area contributed by atoms with Crippen LogP contribution in [0.3, 0.4) is 0 Å². The molecular formula is C15H18BrN5O3S. The Balaban J connectivity index is 1.53. The molecule has 0 aliphatic carbocycles. The first-order chi connectivity index (χ1) is 12.1. The summed E-state index contributed by atoms with van der Waals surface area (Å²) in [6.07, 6.45) is 0. The SMILES string of the molecule is Nn1c(COc2cccc(Br)c2)nnc1SCC(=O)N1CCOCC1. The molecule has 1 fully saturated rings. The van der Waals surface area contributed by atoms with Crippen LogP contribution >= 0.6 is 27.7 Å². The maximum absolute atomic E-state index is 12.2. The van der Waals surface area contributed by atoms with Crippen LogP contribution in [0, 0.1) is 0 Å². The Bertz CT molecular complexity index is 736. The Morgan fingerprint density at radius 3 is 2.92 bits per heavy atom. The van der Waals surface area contributed by atoms with Gasteiger partial charge in [0.05, 0.1) is 19.0 Å². The predicted octanol–water partition coefficient (Wildman–Crippen LogP) is 1.28. The van der Waals surface area contributed by atoms with Gasteiger partial charge in [-0.1, -0.05) is 33.8 Å². The van der Waals surface area contributed by atoms with Crippen molar-refractivity contribution in [1.29, 1.82) is 0 Å². The number of carbonyl (C=O) groups is 1. The summed E-state index contributed by atoms with van der Waals surface area (Å²) in [5.74, 6) is 7.50. The molecule has 0 radical (unpaired) electrons. The summed E-state index contributed by atoms with van der Waals surface area (Å²) in [6, 6.07) is 7.50. The first kappa shape index (κ1) is 18.0. The number of ether oxygens (including phenoxy) is 2. The second-order valence-electron chi connectivity index (χ2n) is 5.30. The van der Waals surface area contributed by atoms with Crippen molar-refractivity contribution in [2.45, 2.75) is 11.8 Å². The van der Waals surface area contributed by atoms with Gasteiger partial charge >= 0.3 is 0 Å². The van der Waals surface area contributed by atoms with Gasteiger partial charge in [0.25, 0.3) is 0 Å². The molecule has 1 aromatic heterocycles. The zero-order chi connectivity index (χ0) is 17.6. The number of carbonyl (C=O) groups excluding carboxylic acids is 1. The van der Waals surface area contributed by atoms with Crippen molar-refractivity contribution in [2.75, 3.05) is 37.9 Å². The molecule has 2 heterocycles. The summed E-state index contributed by atoms with van der Waals surface area (Å²) in [7, 11) is 0. The predicted molar refractivity (Wildman–Crippen MR) is 96.8 cm³/mol. The molecule has 0 saturated carbocycles. The van der Waals surface area contributed by atoms with E-state index in [0.717, 1.165) is 4.47 Å². The number of rotatable bonds is 6. The quantitative estimate of drug-likeness (QED) is 0.547. The molecule has 0 bridgehead atoms. The van der Waals surface area contributed by atoms with Crippen LogP contribution in [0.25, 0.3) is 0 Å². The molecule has 10 heteroatoms. The number of aromatic nitrogens is 3. The molecule has 1 aliphatic rings. The van der Waals surface area contributed by atoms with Crippen LogP contribution in [0.4, 0.5) is 0 Å². The molecule has 134 valence electrons. The Morgan fingerprint density at radius 1 is 1.36 bits per heavy atom. The van der Waals surface area contributed by atoms with E-state index < -0.39 is 0 Å². The third kappa shape index (κ3) is 4.86. The van der Waals surface area contributed by atoms with Gasteiger partial charge in [0, 0.05) is 17.6 Å². The lowest BCUT2D eigenvalue weighted by Gasteiger charge is -2.26. The van der Waals surface area contributed by atoms with Gasteiger partial charge in [-0.25, -0.2) is 4.68 Å². The minimum Gasteiger partial charge on any atom is -0.485 e. The Kier molecular flexibility index (Phi) is 6.16. The first-order valence-electron chi connectivity index (χ1n) is 7.69. The summed E-state index contributed by atoms with van der Waals surface area (Å²) < 4.78 is 13.2. The number of nitrogen functional groups attached to an aromatic ring is 1. The van der Waals surface area contributed by atoms with E-state index >= 15 is 0 Å². The zero-order valence-corrected chi connectivity index (χ0v) is 15.8. The van der Waals surface area contributed by atoms with Crippen molar-refractivity contribution in [2.24, 2.45) is 0 Å². The maximum Gasteiger partial charge on any atom is 0.233 e. The van der Waals surface area contributed by atoms with Crippen molar-refractivity contribution in [3.63, 3.8) is 0 Å². The van der Waals surface area contributed by atoms with Gasteiger partial charge in [-0.2, -0.15) is 0 Å². The minimum atomic E-state index is 0.0447. The van der Waals surface area contributed by atoms with Crippen LogP contribution in [0.5, 0.6) is 5.75 Å². The first-order valence-corrected chi connectivity index (χ1v) is 9.47. The zero-order valence-electron chi connectivity index (χ0n) is 13.4. The van der Waals surface area contributed by atoms with Crippen molar-refractivity contribution in [3.8, 4) is 5.75 Å². The highest BCUT2D eigenvalue weighted by Crippen LogP contribution is 2.20. The molecule has 1 aromatic carbocycles. The number of hydrogen-bond acceptors (Lipinski definition) is 7. The number of nitrogens with two attached hydrogens (primary N) is 1. The van der Waals surface area contributed by atoms with Crippen LogP contribution in [0.1, 0.15) is 5.82 Å². The van der Waals surface area contributed by atoms with E-state index in [9.17, 15) is 4.79 Å². The number of nitrogens with zero attached hydrogens (tertiary/aromatic N) is 4. The largest absolute Gasteiger partial charge is 0.485 e. The molecule has 0 unspecified atom stereocenters. The number of halogens is 1. The Morgan fingerprint density at radius 2 is 2.16 bits per heavy atom. The molecule has 1 amide bonds. The van der Waals surface area contributed by atoms with E-state index in [1.165, 1.54) is 16.4 Å². The molecular weight excluding hydrogens is 410 g/mol. The molecule has 8 nitrogen and oxygen atoms in total. The molecule has 1 saturated heterocycles. The topological polar surface area (TPSA) is 95.5 Å². The lowest BCUT2D eigenvalue weighted by Crippen LogP contribution is -2.41. The molecule has 25 heavy (non-hydrogen) atoms. The number of amides is 1. The van der Waals surface area contributed by atoms with Gasteiger partial charge in [-0.3, -0.25) is 4.79 Å². The smallest absolute Gasteiger partial charge is 0.233 e. The average molecular weight is 428 g/mol. The van der Waals surface area contributed by atoms with Crippen molar-refractivity contribution >= 4 is 33.6 Å².